The number of amides is 9. The highest BCUT2D eigenvalue weighted by molar-refractivity contribution is 5.96. The van der Waals surface area contributed by atoms with Crippen LogP contribution in [-0.2, 0) is 63.8 Å². The number of rotatable bonds is 31. The Balaban J connectivity index is 0.0000106. The van der Waals surface area contributed by atoms with Crippen molar-refractivity contribution in [2.75, 3.05) is 53.5 Å². The Bertz CT molecular complexity index is 2380. The minimum atomic E-state index is -1.48. The van der Waals surface area contributed by atoms with Crippen molar-refractivity contribution in [1.82, 2.24) is 52.4 Å². The van der Waals surface area contributed by atoms with Crippen LogP contribution in [-0.4, -0.2) is 186 Å². The number of aryl methyl sites for hydroxylation is 1. The summed E-state index contributed by atoms with van der Waals surface area (Å²) < 4.78 is 10.5. The number of hydrogen-bond acceptors (Lipinski definition) is 17. The van der Waals surface area contributed by atoms with Crippen molar-refractivity contribution in [2.45, 2.75) is 175 Å². The Morgan fingerprint density at radius 1 is 0.829 bits per heavy atom. The van der Waals surface area contributed by atoms with E-state index in [0.717, 1.165) is 7.11 Å². The molecule has 14 N–H and O–H groups in total. The summed E-state index contributed by atoms with van der Waals surface area (Å²) >= 11 is 0. The van der Waals surface area contributed by atoms with Gasteiger partial charge in [-0.25, -0.2) is 4.79 Å². The average Bonchev–Trinajstić information content (AvgIpc) is 4.01. The molecule has 0 bridgehead atoms. The van der Waals surface area contributed by atoms with Crippen molar-refractivity contribution >= 4 is 76.5 Å². The van der Waals surface area contributed by atoms with E-state index in [1.54, 1.807) is 54.7 Å². The fraction of sp³-hybridized carbons (Fsp3) is 0.655. The molecule has 1 fully saturated rings. The molecular weight excluding hydrogens is 1070 g/mol. The monoisotopic (exact) mass is 1160 g/mol. The zero-order valence-corrected chi connectivity index (χ0v) is 49.8. The van der Waals surface area contributed by atoms with Crippen LogP contribution >= 0.6 is 0 Å². The van der Waals surface area contributed by atoms with Crippen molar-refractivity contribution in [3.05, 3.63) is 29.5 Å². The molecule has 1 aliphatic rings. The Labute approximate surface area is 480 Å². The molecule has 0 radical (unpaired) electrons. The van der Waals surface area contributed by atoms with E-state index < -0.39 is 140 Å². The number of hydrogen-bond donors (Lipinski definition) is 13. The maximum absolute atomic E-state index is 14.3. The summed E-state index contributed by atoms with van der Waals surface area (Å²) in [6.07, 6.45) is 0.429. The van der Waals surface area contributed by atoms with Crippen LogP contribution in [0.3, 0.4) is 0 Å². The van der Waals surface area contributed by atoms with Gasteiger partial charge in [0.2, 0.25) is 47.3 Å². The topological polar surface area (TPSA) is 408 Å². The summed E-state index contributed by atoms with van der Waals surface area (Å²) in [6, 6.07) is -1.37. The molecule has 82 heavy (non-hydrogen) atoms. The smallest absolute Gasteiger partial charge is 0.407 e. The van der Waals surface area contributed by atoms with Gasteiger partial charge in [0.25, 0.3) is 0 Å². The van der Waals surface area contributed by atoms with Gasteiger partial charge in [0, 0.05) is 55.6 Å². The Morgan fingerprint density at radius 3 is 2.05 bits per heavy atom. The highest BCUT2D eigenvalue weighted by atomic mass is 16.6. The summed E-state index contributed by atoms with van der Waals surface area (Å²) in [5, 5.41) is 48.7. The molecule has 1 aromatic heterocycles. The minimum Gasteiger partial charge on any atom is -0.508 e. The van der Waals surface area contributed by atoms with Crippen molar-refractivity contribution in [2.24, 2.45) is 11.7 Å². The third kappa shape index (κ3) is 28.8. The first-order valence-electron chi connectivity index (χ1n) is 27.8. The molecule has 2 heterocycles. The number of nitrogens with two attached hydrogens (primary N) is 1. The lowest BCUT2D eigenvalue weighted by atomic mass is 9.98. The quantitative estimate of drug-likeness (QED) is 0.0274. The average molecular weight is 1160 g/mol. The number of carbonyl (C=O) groups excluding carboxylic acids is 11. The second-order valence-electron chi connectivity index (χ2n) is 19.9. The van der Waals surface area contributed by atoms with Crippen LogP contribution in [0.2, 0.25) is 0 Å². The van der Waals surface area contributed by atoms with Gasteiger partial charge in [-0.15, -0.1) is 0 Å². The van der Waals surface area contributed by atoms with Gasteiger partial charge in [0.1, 0.15) is 42.4 Å². The fourth-order valence-corrected chi connectivity index (χ4v) is 8.13. The number of aromatic nitrogens is 1. The summed E-state index contributed by atoms with van der Waals surface area (Å²) in [7, 11) is 2.75. The van der Waals surface area contributed by atoms with E-state index in [2.05, 4.69) is 47.5 Å². The van der Waals surface area contributed by atoms with Gasteiger partial charge >= 0.3 is 12.1 Å². The number of nitrogens with one attached hydrogen (secondary N) is 9. The standard InChI is InChI=1S/C50H77N11O15.2C2H6.CH4O/c1-8-28(2)44(48(73)55-23-40(66)53-24-41(67)57-30(26-62)19-39(51)65)60-42(68)25-54-45(70)37(22-34-29(3)56-35-20-31(63)15-16-33(34)35)58-46(71)36(59-47(72)38-13-12-18-61(38)7)21-32(64)27-75-49(74)52-17-11-9-10-14-43(69)76-50(4,5)6;3*1-2/h15-16,20,26,28,30,32,36-38,44,56,63-64H,8-14,17-19,21-25,27H2,1-7H3,(H2,51,65)(H,52,74)(H,53,66)(H,54,70)(H,55,73)(H,57,67)(H,58,71)(H,59,72)(H,60,68);2*1-2H3;2H,1H3. The van der Waals surface area contributed by atoms with Crippen LogP contribution in [0.1, 0.15) is 131 Å². The van der Waals surface area contributed by atoms with Gasteiger partial charge in [0.15, 0.2) is 0 Å². The van der Waals surface area contributed by atoms with Crippen molar-refractivity contribution < 1.29 is 77.5 Å². The zero-order chi connectivity index (χ0) is 62.7. The van der Waals surface area contributed by atoms with Gasteiger partial charge in [-0.05, 0) is 90.6 Å². The number of carbonyl (C=O) groups is 11. The number of likely N-dealkylation sites (N-methyl/N-ethyl adjacent to an activating group) is 1. The number of H-pyrrole nitrogens is 1. The molecule has 0 aliphatic carbocycles. The number of alkyl carbamates (subject to hydrolysis) is 1. The molecule has 3 rings (SSSR count). The van der Waals surface area contributed by atoms with Gasteiger partial charge in [-0.3, -0.25) is 48.1 Å². The Kier molecular flexibility index (Phi) is 36.3. The first kappa shape index (κ1) is 74.6. The van der Waals surface area contributed by atoms with E-state index in [4.69, 9.17) is 20.3 Å². The third-order valence-corrected chi connectivity index (χ3v) is 12.3. The molecular formula is C55H93N11O16. The number of primary amides is 1. The van der Waals surface area contributed by atoms with Crippen LogP contribution in [0.4, 0.5) is 4.79 Å². The third-order valence-electron chi connectivity index (χ3n) is 12.3. The number of aliphatic hydroxyl groups is 2. The van der Waals surface area contributed by atoms with Crippen molar-refractivity contribution in [3.63, 3.8) is 0 Å². The van der Waals surface area contributed by atoms with Crippen LogP contribution in [0, 0.1) is 12.8 Å². The number of phenolic OH excluding ortho intramolecular Hbond substituents is 1. The molecule has 0 spiro atoms. The largest absolute Gasteiger partial charge is 0.508 e. The van der Waals surface area contributed by atoms with Gasteiger partial charge < -0.3 is 82.8 Å². The van der Waals surface area contributed by atoms with Crippen LogP contribution < -0.4 is 48.3 Å². The molecule has 27 nitrogen and oxygen atoms in total. The lowest BCUT2D eigenvalue weighted by molar-refractivity contribution is -0.155. The summed E-state index contributed by atoms with van der Waals surface area (Å²) in [4.78, 5) is 145. The van der Waals surface area contributed by atoms with Gasteiger partial charge in [-0.1, -0.05) is 54.4 Å². The lowest BCUT2D eigenvalue weighted by Crippen LogP contribution is -2.58. The number of aromatic hydroxyl groups is 1. The SMILES string of the molecule is CC.CC.CCC(C)C(NC(=O)CNC(=O)C(Cc1c(C)[nH]c2cc(O)ccc12)NC(=O)C(CC(O)COC(=O)NCCCCCC(=O)OC(C)(C)C)NC(=O)C1CCCN1C)C(=O)NCC(=O)NCC(=O)NC(C=O)CC(N)=O.CO. The van der Waals surface area contributed by atoms with E-state index in [0.29, 0.717) is 73.5 Å². The normalized spacial score (nSPS) is 14.9. The number of likely N-dealkylation sites (tertiary alicyclic amines) is 1. The number of fused-ring (bicyclic) bond motifs is 1. The number of aromatic amines is 1. The van der Waals surface area contributed by atoms with Gasteiger partial charge in [0.05, 0.1) is 44.2 Å². The number of benzene rings is 1. The Hall–Kier alpha value is -7.39. The number of nitrogens with zero attached hydrogens (tertiary/aromatic N) is 1. The zero-order valence-electron chi connectivity index (χ0n) is 49.8. The molecule has 0 saturated carbocycles. The summed E-state index contributed by atoms with van der Waals surface area (Å²) in [6.45, 7) is 16.8. The molecule has 2 aromatic rings. The van der Waals surface area contributed by atoms with E-state index in [1.807, 2.05) is 32.6 Å². The van der Waals surface area contributed by atoms with Crippen LogP contribution in [0.25, 0.3) is 10.9 Å². The van der Waals surface area contributed by atoms with Crippen molar-refractivity contribution in [3.8, 4) is 5.75 Å². The predicted octanol–water partition coefficient (Wildman–Crippen LogP) is 0.267. The summed E-state index contributed by atoms with van der Waals surface area (Å²) in [5.74, 6) is -7.13. The molecule has 7 atom stereocenters. The lowest BCUT2D eigenvalue weighted by Gasteiger charge is -2.27. The van der Waals surface area contributed by atoms with Crippen molar-refractivity contribution in [1.29, 1.82) is 0 Å². The number of phenols is 1. The van der Waals surface area contributed by atoms with E-state index in [-0.39, 0.29) is 31.1 Å². The van der Waals surface area contributed by atoms with Crippen LogP contribution in [0.5, 0.6) is 5.75 Å². The second kappa shape index (κ2) is 39.9. The van der Waals surface area contributed by atoms with E-state index >= 15 is 0 Å². The van der Waals surface area contributed by atoms with Crippen LogP contribution in [0.15, 0.2) is 18.2 Å². The van der Waals surface area contributed by atoms with E-state index in [9.17, 15) is 63.0 Å². The molecule has 27 heteroatoms. The first-order valence-corrected chi connectivity index (χ1v) is 27.8. The number of esters is 1. The maximum Gasteiger partial charge on any atom is 0.407 e. The summed E-state index contributed by atoms with van der Waals surface area (Å²) in [5.41, 5.74) is 6.13. The highest BCUT2D eigenvalue weighted by Gasteiger charge is 2.35. The molecule has 464 valence electrons. The minimum absolute atomic E-state index is 0.0332. The molecule has 9 amide bonds. The number of ether oxygens (including phenoxy) is 2. The van der Waals surface area contributed by atoms with Gasteiger partial charge in [-0.2, -0.15) is 0 Å². The Morgan fingerprint density at radius 2 is 1.45 bits per heavy atom. The number of aldehydes is 1. The van der Waals surface area contributed by atoms with E-state index in [1.165, 1.54) is 12.1 Å². The molecule has 7 unspecified atom stereocenters. The molecule has 1 aliphatic heterocycles. The predicted molar refractivity (Wildman–Crippen MR) is 305 cm³/mol. The second-order valence-corrected chi connectivity index (χ2v) is 19.9. The highest BCUT2D eigenvalue weighted by Crippen LogP contribution is 2.27. The molecule has 1 aromatic carbocycles. The molecule has 1 saturated heterocycles. The number of aliphatic hydroxyl groups excluding tert-OH is 2. The number of unbranched alkanes of at least 4 members (excludes halogenated alkanes) is 2. The fourth-order valence-electron chi connectivity index (χ4n) is 8.13. The maximum atomic E-state index is 14.3. The first-order chi connectivity index (χ1) is 38.8.